The Bertz CT molecular complexity index is 910. The second-order valence-corrected chi connectivity index (χ2v) is 7.95. The smallest absolute Gasteiger partial charge is 0.224 e. The summed E-state index contributed by atoms with van der Waals surface area (Å²) in [6, 6.07) is 9.90. The summed E-state index contributed by atoms with van der Waals surface area (Å²) in [5.41, 5.74) is 0.890. The monoisotopic (exact) mass is 524 g/mol. The molecule has 0 amide bonds. The van der Waals surface area contributed by atoms with Crippen LogP contribution in [0, 0.1) is 17.7 Å². The van der Waals surface area contributed by atoms with Crippen molar-refractivity contribution in [1.82, 2.24) is 15.2 Å². The highest BCUT2D eigenvalue weighted by Crippen LogP contribution is 2.47. The van der Waals surface area contributed by atoms with E-state index in [2.05, 4.69) is 20.2 Å². The third kappa shape index (κ3) is 4.12. The molecular weight excluding hydrogens is 498 g/mol. The maximum absolute atomic E-state index is 13.5. The predicted molar refractivity (Wildman–Crippen MR) is 123 cm³/mol. The van der Waals surface area contributed by atoms with Crippen LogP contribution in [0.4, 0.5) is 4.39 Å². The average Bonchev–Trinajstić information content (AvgIpc) is 3.43. The fraction of sp³-hybridized carbons (Fsp3) is 0.455. The van der Waals surface area contributed by atoms with Crippen molar-refractivity contribution < 1.29 is 13.9 Å². The standard InChI is InChI=1S/C22H25FN4O2.HI/c1-24-22(27-12-17-18(13-27)20-8-7-19(17)29-20)26-11-14-4-3-9-25-21(14)28-16-6-2-5-15(23)10-16;/h2-6,9-10,17-20H,7-8,11-13H2,1H3,(H,24,26);1H. The van der Waals surface area contributed by atoms with E-state index in [1.807, 2.05) is 19.2 Å². The molecule has 3 aliphatic rings. The topological polar surface area (TPSA) is 59.0 Å². The molecule has 4 unspecified atom stereocenters. The molecule has 1 aromatic heterocycles. The number of guanidine groups is 1. The van der Waals surface area contributed by atoms with Crippen LogP contribution in [0.5, 0.6) is 11.6 Å². The Morgan fingerprint density at radius 3 is 2.70 bits per heavy atom. The molecule has 4 atom stereocenters. The van der Waals surface area contributed by atoms with Crippen molar-refractivity contribution in [2.24, 2.45) is 16.8 Å². The summed E-state index contributed by atoms with van der Waals surface area (Å²) in [5, 5.41) is 3.45. The largest absolute Gasteiger partial charge is 0.439 e. The molecule has 3 fully saturated rings. The van der Waals surface area contributed by atoms with Gasteiger partial charge in [0.2, 0.25) is 5.88 Å². The van der Waals surface area contributed by atoms with E-state index in [9.17, 15) is 4.39 Å². The number of aromatic nitrogens is 1. The molecule has 0 radical (unpaired) electrons. The average molecular weight is 524 g/mol. The SMILES string of the molecule is CN=C(NCc1cccnc1Oc1cccc(F)c1)N1CC2C3CCC(O3)C2C1.I. The van der Waals surface area contributed by atoms with E-state index in [-0.39, 0.29) is 29.8 Å². The van der Waals surface area contributed by atoms with E-state index >= 15 is 0 Å². The Labute approximate surface area is 192 Å². The number of rotatable bonds is 4. The number of pyridine rings is 1. The lowest BCUT2D eigenvalue weighted by molar-refractivity contribution is 0.0767. The molecule has 2 bridgehead atoms. The number of benzene rings is 1. The zero-order chi connectivity index (χ0) is 19.8. The Morgan fingerprint density at radius 1 is 1.23 bits per heavy atom. The van der Waals surface area contributed by atoms with Gasteiger partial charge in [-0.25, -0.2) is 9.37 Å². The van der Waals surface area contributed by atoms with Gasteiger partial charge in [-0.15, -0.1) is 24.0 Å². The fourth-order valence-corrected chi connectivity index (χ4v) is 4.93. The lowest BCUT2D eigenvalue weighted by atomic mass is 9.82. The van der Waals surface area contributed by atoms with Crippen LogP contribution in [-0.4, -0.2) is 48.2 Å². The van der Waals surface area contributed by atoms with Gasteiger partial charge in [0, 0.05) is 56.3 Å². The van der Waals surface area contributed by atoms with Crippen LogP contribution in [-0.2, 0) is 11.3 Å². The summed E-state index contributed by atoms with van der Waals surface area (Å²) >= 11 is 0. The van der Waals surface area contributed by atoms with Crippen molar-refractivity contribution in [2.75, 3.05) is 20.1 Å². The highest BCUT2D eigenvalue weighted by molar-refractivity contribution is 14.0. The molecule has 6 nitrogen and oxygen atoms in total. The van der Waals surface area contributed by atoms with Crippen molar-refractivity contribution >= 4 is 29.9 Å². The van der Waals surface area contributed by atoms with Crippen molar-refractivity contribution in [1.29, 1.82) is 0 Å². The zero-order valence-electron chi connectivity index (χ0n) is 16.8. The van der Waals surface area contributed by atoms with Gasteiger partial charge >= 0.3 is 0 Å². The number of fused-ring (bicyclic) bond motifs is 5. The van der Waals surface area contributed by atoms with Crippen LogP contribution < -0.4 is 10.1 Å². The lowest BCUT2D eigenvalue weighted by Gasteiger charge is -2.23. The molecule has 3 aliphatic heterocycles. The van der Waals surface area contributed by atoms with E-state index < -0.39 is 0 Å². The number of aliphatic imine (C=N–C) groups is 1. The zero-order valence-corrected chi connectivity index (χ0v) is 19.2. The van der Waals surface area contributed by atoms with Gasteiger partial charge in [-0.1, -0.05) is 12.1 Å². The van der Waals surface area contributed by atoms with Crippen LogP contribution in [0.3, 0.4) is 0 Å². The molecule has 0 spiro atoms. The van der Waals surface area contributed by atoms with Crippen molar-refractivity contribution in [3.05, 3.63) is 54.0 Å². The number of hydrogen-bond acceptors (Lipinski definition) is 4. The molecule has 0 saturated carbocycles. The minimum atomic E-state index is -0.337. The number of hydrogen-bond donors (Lipinski definition) is 1. The maximum Gasteiger partial charge on any atom is 0.224 e. The number of nitrogens with zero attached hydrogens (tertiary/aromatic N) is 3. The van der Waals surface area contributed by atoms with Crippen LogP contribution in [0.1, 0.15) is 18.4 Å². The molecule has 1 aromatic carbocycles. The second-order valence-electron chi connectivity index (χ2n) is 7.95. The van der Waals surface area contributed by atoms with Gasteiger partial charge in [-0.05, 0) is 31.0 Å². The normalized spacial score (nSPS) is 27.0. The number of nitrogens with one attached hydrogen (secondary N) is 1. The maximum atomic E-state index is 13.5. The van der Waals surface area contributed by atoms with Crippen molar-refractivity contribution in [3.8, 4) is 11.6 Å². The van der Waals surface area contributed by atoms with Crippen molar-refractivity contribution in [3.63, 3.8) is 0 Å². The fourth-order valence-electron chi connectivity index (χ4n) is 4.93. The van der Waals surface area contributed by atoms with Gasteiger partial charge in [0.15, 0.2) is 5.96 Å². The summed E-state index contributed by atoms with van der Waals surface area (Å²) in [4.78, 5) is 11.2. The lowest BCUT2D eigenvalue weighted by Crippen LogP contribution is -2.41. The Morgan fingerprint density at radius 2 is 2.00 bits per heavy atom. The van der Waals surface area contributed by atoms with E-state index in [1.54, 1.807) is 18.3 Å². The summed E-state index contributed by atoms with van der Waals surface area (Å²) < 4.78 is 25.3. The third-order valence-electron chi connectivity index (χ3n) is 6.26. The molecule has 2 aromatic rings. The number of likely N-dealkylation sites (tertiary alicyclic amines) is 1. The van der Waals surface area contributed by atoms with Crippen LogP contribution in [0.2, 0.25) is 0 Å². The Kier molecular flexibility index (Phi) is 6.43. The van der Waals surface area contributed by atoms with Gasteiger partial charge < -0.3 is 19.7 Å². The van der Waals surface area contributed by atoms with Crippen LogP contribution in [0.15, 0.2) is 47.6 Å². The first-order valence-electron chi connectivity index (χ1n) is 10.2. The Hall–Kier alpha value is -1.94. The minimum absolute atomic E-state index is 0. The van der Waals surface area contributed by atoms with Gasteiger partial charge in [-0.2, -0.15) is 0 Å². The summed E-state index contributed by atoms with van der Waals surface area (Å²) in [6.07, 6.45) is 4.92. The summed E-state index contributed by atoms with van der Waals surface area (Å²) in [5.74, 6) is 2.69. The first-order valence-corrected chi connectivity index (χ1v) is 10.2. The molecule has 30 heavy (non-hydrogen) atoms. The second kappa shape index (κ2) is 9.05. The van der Waals surface area contributed by atoms with Gasteiger partial charge in [0.05, 0.1) is 12.2 Å². The van der Waals surface area contributed by atoms with Gasteiger partial charge in [-0.3, -0.25) is 4.99 Å². The third-order valence-corrected chi connectivity index (χ3v) is 6.26. The molecule has 1 N–H and O–H groups in total. The highest BCUT2D eigenvalue weighted by Gasteiger charge is 2.53. The Balaban J connectivity index is 0.00000218. The van der Waals surface area contributed by atoms with Gasteiger partial charge in [0.1, 0.15) is 11.6 Å². The van der Waals surface area contributed by atoms with Crippen LogP contribution >= 0.6 is 24.0 Å². The minimum Gasteiger partial charge on any atom is -0.439 e. The first-order chi connectivity index (χ1) is 14.2. The molecule has 5 rings (SSSR count). The van der Waals surface area contributed by atoms with Crippen molar-refractivity contribution in [2.45, 2.75) is 31.6 Å². The molecule has 8 heteroatoms. The summed E-state index contributed by atoms with van der Waals surface area (Å²) in [7, 11) is 1.81. The van der Waals surface area contributed by atoms with E-state index in [0.717, 1.165) is 24.6 Å². The first kappa shape index (κ1) is 21.3. The predicted octanol–water partition coefficient (Wildman–Crippen LogP) is 3.82. The molecule has 0 aliphatic carbocycles. The highest BCUT2D eigenvalue weighted by atomic mass is 127. The van der Waals surface area contributed by atoms with E-state index in [1.165, 1.54) is 25.0 Å². The molecule has 4 heterocycles. The quantitative estimate of drug-likeness (QED) is 0.375. The van der Waals surface area contributed by atoms with E-state index in [4.69, 9.17) is 9.47 Å². The number of ether oxygens (including phenoxy) is 2. The summed E-state index contributed by atoms with van der Waals surface area (Å²) in [6.45, 7) is 2.51. The van der Waals surface area contributed by atoms with E-state index in [0.29, 0.717) is 42.2 Å². The van der Waals surface area contributed by atoms with Gasteiger partial charge in [0.25, 0.3) is 0 Å². The molecule has 3 saturated heterocycles. The number of halogens is 2. The molecular formula is C22H26FIN4O2. The van der Waals surface area contributed by atoms with Crippen LogP contribution in [0.25, 0.3) is 0 Å². The molecule has 160 valence electrons.